The van der Waals surface area contributed by atoms with E-state index in [4.69, 9.17) is 16.2 Å². The maximum atomic E-state index is 11.0. The van der Waals surface area contributed by atoms with Gasteiger partial charge < -0.3 is 16.2 Å². The minimum atomic E-state index is -0.769. The summed E-state index contributed by atoms with van der Waals surface area (Å²) in [7, 11) is 0. The molecule has 0 aromatic heterocycles. The summed E-state index contributed by atoms with van der Waals surface area (Å²) in [4.78, 5) is 21.4. The van der Waals surface area contributed by atoms with Gasteiger partial charge in [0.1, 0.15) is 5.75 Å². The number of rotatable bonds is 6. The average molecular weight is 289 g/mol. The number of fused-ring (bicyclic) bond motifs is 1. The van der Waals surface area contributed by atoms with Gasteiger partial charge in [-0.3, -0.25) is 14.9 Å². The molecule has 0 fully saturated rings. The van der Waals surface area contributed by atoms with E-state index in [0.717, 1.165) is 0 Å². The van der Waals surface area contributed by atoms with Crippen LogP contribution in [0.2, 0.25) is 0 Å². The van der Waals surface area contributed by atoms with Gasteiger partial charge in [0.05, 0.1) is 23.0 Å². The van der Waals surface area contributed by atoms with Gasteiger partial charge in [0.15, 0.2) is 0 Å². The number of primary amides is 1. The Morgan fingerprint density at radius 3 is 2.52 bits per heavy atom. The van der Waals surface area contributed by atoms with Crippen LogP contribution in [0.25, 0.3) is 10.8 Å². The van der Waals surface area contributed by atoms with Gasteiger partial charge in [-0.05, 0) is 12.1 Å². The number of non-ortho nitro benzene ring substituents is 1. The number of nitrogens with zero attached hydrogens (tertiary/aromatic N) is 1. The second-order valence-corrected chi connectivity index (χ2v) is 4.53. The Morgan fingerprint density at radius 2 is 1.90 bits per heavy atom. The topological polar surface area (TPSA) is 121 Å². The first kappa shape index (κ1) is 14.7. The van der Waals surface area contributed by atoms with Crippen molar-refractivity contribution in [3.05, 3.63) is 46.5 Å². The molecule has 2 aromatic carbocycles. The molecule has 0 heterocycles. The normalized spacial score (nSPS) is 12.0. The first-order valence-electron chi connectivity index (χ1n) is 6.34. The largest absolute Gasteiger partial charge is 0.493 e. The Kier molecular flexibility index (Phi) is 4.34. The van der Waals surface area contributed by atoms with Gasteiger partial charge in [-0.25, -0.2) is 0 Å². The van der Waals surface area contributed by atoms with Gasteiger partial charge in [0, 0.05) is 17.9 Å². The van der Waals surface area contributed by atoms with Crippen molar-refractivity contribution in [2.75, 3.05) is 6.61 Å². The molecule has 0 aliphatic carbocycles. The van der Waals surface area contributed by atoms with E-state index in [1.807, 2.05) is 0 Å². The predicted molar refractivity (Wildman–Crippen MR) is 77.9 cm³/mol. The zero-order valence-corrected chi connectivity index (χ0v) is 11.2. The number of nitro benzene ring substituents is 1. The molecule has 110 valence electrons. The quantitative estimate of drug-likeness (QED) is 0.613. The van der Waals surface area contributed by atoms with Crippen molar-refractivity contribution in [3.8, 4) is 5.75 Å². The average Bonchev–Trinajstić information content (AvgIpc) is 2.46. The van der Waals surface area contributed by atoms with Gasteiger partial charge in [0.25, 0.3) is 5.69 Å². The van der Waals surface area contributed by atoms with Crippen molar-refractivity contribution in [2.45, 2.75) is 12.5 Å². The van der Waals surface area contributed by atoms with Gasteiger partial charge in [-0.15, -0.1) is 0 Å². The fraction of sp³-hybridized carbons (Fsp3) is 0.214. The molecule has 2 rings (SSSR count). The molecule has 0 saturated heterocycles. The lowest BCUT2D eigenvalue weighted by molar-refractivity contribution is -0.383. The number of amides is 1. The summed E-state index contributed by atoms with van der Waals surface area (Å²) in [6.45, 7) is 0.200. The molecular formula is C14H15N3O4. The highest BCUT2D eigenvalue weighted by Crippen LogP contribution is 2.32. The zero-order chi connectivity index (χ0) is 15.4. The van der Waals surface area contributed by atoms with Gasteiger partial charge in [-0.1, -0.05) is 18.2 Å². The van der Waals surface area contributed by atoms with Crippen LogP contribution in [-0.4, -0.2) is 23.5 Å². The molecule has 0 aliphatic rings. The third kappa shape index (κ3) is 3.26. The lowest BCUT2D eigenvalue weighted by Gasteiger charge is -2.11. The zero-order valence-electron chi connectivity index (χ0n) is 11.2. The number of carbonyl (C=O) groups excluding carboxylic acids is 1. The van der Waals surface area contributed by atoms with Crippen LogP contribution in [0.4, 0.5) is 5.69 Å². The number of benzene rings is 2. The fourth-order valence-corrected chi connectivity index (χ4v) is 1.98. The van der Waals surface area contributed by atoms with Gasteiger partial charge in [-0.2, -0.15) is 0 Å². The van der Waals surface area contributed by atoms with Gasteiger partial charge >= 0.3 is 0 Å². The maximum Gasteiger partial charge on any atom is 0.277 e. The first-order valence-corrected chi connectivity index (χ1v) is 6.34. The van der Waals surface area contributed by atoms with Crippen LogP contribution in [-0.2, 0) is 4.79 Å². The molecule has 21 heavy (non-hydrogen) atoms. The summed E-state index contributed by atoms with van der Waals surface area (Å²) in [6.07, 6.45) is 0.278. The van der Waals surface area contributed by atoms with E-state index in [1.54, 1.807) is 24.3 Å². The third-order valence-corrected chi connectivity index (χ3v) is 3.11. The minimum Gasteiger partial charge on any atom is -0.493 e. The highest BCUT2D eigenvalue weighted by Gasteiger charge is 2.15. The highest BCUT2D eigenvalue weighted by molar-refractivity contribution is 5.95. The molecule has 0 spiro atoms. The van der Waals surface area contributed by atoms with Crippen LogP contribution in [0.3, 0.4) is 0 Å². The van der Waals surface area contributed by atoms with Gasteiger partial charge in [0.2, 0.25) is 5.91 Å². The number of nitrogens with two attached hydrogens (primary N) is 2. The Bertz CT molecular complexity index is 687. The van der Waals surface area contributed by atoms with Crippen molar-refractivity contribution in [1.82, 2.24) is 0 Å². The summed E-state index contributed by atoms with van der Waals surface area (Å²) >= 11 is 0. The van der Waals surface area contributed by atoms with Crippen LogP contribution in [0.15, 0.2) is 36.4 Å². The Morgan fingerprint density at radius 1 is 1.24 bits per heavy atom. The summed E-state index contributed by atoms with van der Waals surface area (Å²) < 4.78 is 5.56. The molecule has 0 saturated carbocycles. The number of carbonyl (C=O) groups is 1. The molecule has 1 amide bonds. The predicted octanol–water partition coefficient (Wildman–Crippen LogP) is 1.33. The monoisotopic (exact) mass is 289 g/mol. The maximum absolute atomic E-state index is 11.0. The van der Waals surface area contributed by atoms with Crippen LogP contribution in [0, 0.1) is 10.1 Å². The molecular weight excluding hydrogens is 274 g/mol. The van der Waals surface area contributed by atoms with E-state index in [2.05, 4.69) is 0 Å². The third-order valence-electron chi connectivity index (χ3n) is 3.11. The second kappa shape index (κ2) is 6.19. The highest BCUT2D eigenvalue weighted by atomic mass is 16.6. The Balaban J connectivity index is 2.23. The molecule has 7 heteroatoms. The summed E-state index contributed by atoms with van der Waals surface area (Å²) in [5.74, 6) is -0.0833. The Hall–Kier alpha value is -2.67. The summed E-state index contributed by atoms with van der Waals surface area (Å²) in [5.41, 5.74) is 10.6. The summed E-state index contributed by atoms with van der Waals surface area (Å²) in [5, 5.41) is 12.1. The van der Waals surface area contributed by atoms with Crippen molar-refractivity contribution in [1.29, 1.82) is 0 Å². The molecule has 4 N–H and O–H groups in total. The number of hydrogen-bond donors (Lipinski definition) is 2. The molecule has 2 aromatic rings. The molecule has 1 unspecified atom stereocenters. The molecule has 0 aliphatic heterocycles. The minimum absolute atomic E-state index is 0.0202. The smallest absolute Gasteiger partial charge is 0.277 e. The van der Waals surface area contributed by atoms with E-state index in [1.165, 1.54) is 12.1 Å². The SMILES string of the molecule is NC(=O)C(N)CCOc1ccc([N+](=O)[O-])c2ccccc12. The van der Waals surface area contributed by atoms with Crippen LogP contribution >= 0.6 is 0 Å². The van der Waals surface area contributed by atoms with Crippen molar-refractivity contribution >= 4 is 22.4 Å². The van der Waals surface area contributed by atoms with Crippen LogP contribution < -0.4 is 16.2 Å². The molecule has 0 radical (unpaired) electrons. The number of hydrogen-bond acceptors (Lipinski definition) is 5. The molecule has 0 bridgehead atoms. The van der Waals surface area contributed by atoms with Crippen molar-refractivity contribution in [3.63, 3.8) is 0 Å². The van der Waals surface area contributed by atoms with Crippen LogP contribution in [0.1, 0.15) is 6.42 Å². The van der Waals surface area contributed by atoms with Crippen LogP contribution in [0.5, 0.6) is 5.75 Å². The number of nitro groups is 1. The standard InChI is InChI=1S/C14H15N3O4/c15-11(14(16)18)7-8-21-13-6-5-12(17(19)20)9-3-1-2-4-10(9)13/h1-6,11H,7-8,15H2,(H2,16,18). The van der Waals surface area contributed by atoms with Crippen molar-refractivity contribution < 1.29 is 14.5 Å². The van der Waals surface area contributed by atoms with E-state index >= 15 is 0 Å². The van der Waals surface area contributed by atoms with E-state index in [9.17, 15) is 14.9 Å². The van der Waals surface area contributed by atoms with Crippen molar-refractivity contribution in [2.24, 2.45) is 11.5 Å². The summed E-state index contributed by atoms with van der Waals surface area (Å²) in [6, 6.07) is 9.06. The molecule has 1 atom stereocenters. The Labute approximate surface area is 120 Å². The fourth-order valence-electron chi connectivity index (χ4n) is 1.98. The second-order valence-electron chi connectivity index (χ2n) is 4.53. The first-order chi connectivity index (χ1) is 10.0. The number of ether oxygens (including phenoxy) is 1. The van der Waals surface area contributed by atoms with E-state index in [-0.39, 0.29) is 18.7 Å². The lowest BCUT2D eigenvalue weighted by atomic mass is 10.1. The van der Waals surface area contributed by atoms with E-state index in [0.29, 0.717) is 16.5 Å². The molecule has 7 nitrogen and oxygen atoms in total. The lowest BCUT2D eigenvalue weighted by Crippen LogP contribution is -2.37. The van der Waals surface area contributed by atoms with E-state index < -0.39 is 16.9 Å².